The number of hydrogen-bond acceptors (Lipinski definition) is 3. The molecular formula is C15H14F3N2OS+. The van der Waals surface area contributed by atoms with Gasteiger partial charge in [-0.1, -0.05) is 10.8 Å². The largest absolute Gasteiger partial charge is 0.493 e. The molecular weight excluding hydrogens is 313 g/mol. The zero-order valence-corrected chi connectivity index (χ0v) is 12.6. The minimum Gasteiger partial charge on any atom is -0.493 e. The van der Waals surface area contributed by atoms with Crippen LogP contribution in [0.15, 0.2) is 36.4 Å². The van der Waals surface area contributed by atoms with Gasteiger partial charge in [-0.25, -0.2) is 4.98 Å². The van der Waals surface area contributed by atoms with E-state index in [2.05, 4.69) is 9.71 Å². The average Bonchev–Trinajstić information content (AvgIpc) is 3.32. The number of pyridine rings is 1. The highest BCUT2D eigenvalue weighted by molar-refractivity contribution is 7.83. The number of rotatable bonds is 4. The maximum Gasteiger partial charge on any atom is 0.419 e. The number of hydrogen-bond donors (Lipinski definition) is 1. The summed E-state index contributed by atoms with van der Waals surface area (Å²) < 4.78 is 47.7. The van der Waals surface area contributed by atoms with Crippen molar-refractivity contribution in [1.82, 2.24) is 9.71 Å². The van der Waals surface area contributed by atoms with Gasteiger partial charge in [0.05, 0.1) is 29.8 Å². The molecule has 1 aliphatic rings. The summed E-state index contributed by atoms with van der Waals surface area (Å²) >= 11 is 1.08. The first kappa shape index (κ1) is 15.2. The lowest BCUT2D eigenvalue weighted by molar-refractivity contribution is -0.138. The molecule has 1 atom stereocenters. The van der Waals surface area contributed by atoms with E-state index < -0.39 is 11.7 Å². The predicted molar refractivity (Wildman–Crippen MR) is 80.5 cm³/mol. The number of nitrogens with zero attached hydrogens (tertiary/aromatic N) is 1. The van der Waals surface area contributed by atoms with Gasteiger partial charge in [0.15, 0.2) is 0 Å². The maximum atomic E-state index is 13.2. The molecule has 7 heteroatoms. The average molecular weight is 327 g/mol. The van der Waals surface area contributed by atoms with Crippen molar-refractivity contribution in [1.29, 1.82) is 0 Å². The van der Waals surface area contributed by atoms with Crippen LogP contribution in [0.3, 0.4) is 0 Å². The second kappa shape index (κ2) is 5.81. The summed E-state index contributed by atoms with van der Waals surface area (Å²) in [6.45, 7) is 1.84. The van der Waals surface area contributed by atoms with Crippen molar-refractivity contribution in [3.8, 4) is 17.0 Å². The minimum absolute atomic E-state index is 0.155. The van der Waals surface area contributed by atoms with Crippen LogP contribution in [0.2, 0.25) is 0 Å². The number of ether oxygens (including phenoxy) is 1. The Morgan fingerprint density at radius 3 is 2.68 bits per heavy atom. The zero-order chi connectivity index (χ0) is 15.7. The second-order valence-corrected chi connectivity index (χ2v) is 5.78. The maximum absolute atomic E-state index is 13.2. The first-order valence-corrected chi connectivity index (χ1v) is 7.72. The summed E-state index contributed by atoms with van der Waals surface area (Å²) in [6.07, 6.45) is -4.46. The van der Waals surface area contributed by atoms with Crippen molar-refractivity contribution in [2.24, 2.45) is 0 Å². The molecule has 3 rings (SSSR count). The van der Waals surface area contributed by atoms with E-state index in [-0.39, 0.29) is 17.7 Å². The van der Waals surface area contributed by atoms with Crippen LogP contribution in [0.5, 0.6) is 5.75 Å². The van der Waals surface area contributed by atoms with Crippen LogP contribution in [0, 0.1) is 0 Å². The third kappa shape index (κ3) is 3.20. The van der Waals surface area contributed by atoms with Crippen molar-refractivity contribution >= 4 is 11.9 Å². The Kier molecular flexibility index (Phi) is 4.01. The lowest BCUT2D eigenvalue weighted by Crippen LogP contribution is -2.09. The van der Waals surface area contributed by atoms with Gasteiger partial charge in [-0.3, -0.25) is 0 Å². The Morgan fingerprint density at radius 1 is 1.27 bits per heavy atom. The number of thiol groups is 1. The summed E-state index contributed by atoms with van der Waals surface area (Å²) in [6, 6.07) is 9.42. The standard InChI is InChI=1S/C15H13F3N2OS/c1-2-21-13-7-6-9(8-10(13)15(16,17)18)11-4-3-5-12(19-11)14-20-22-14/h3-8,14,20H,2H2,1H3/p+1/t14-/m0/s1. The van der Waals surface area contributed by atoms with Gasteiger partial charge < -0.3 is 4.74 Å². The lowest BCUT2D eigenvalue weighted by atomic mass is 10.1. The van der Waals surface area contributed by atoms with Crippen LogP contribution in [0.4, 0.5) is 13.2 Å². The van der Waals surface area contributed by atoms with Crippen LogP contribution < -0.4 is 9.46 Å². The molecule has 0 spiro atoms. The fraction of sp³-hybridized carbons (Fsp3) is 0.267. The van der Waals surface area contributed by atoms with Gasteiger partial charge in [0, 0.05) is 5.56 Å². The third-order valence-corrected chi connectivity index (χ3v) is 3.97. The topological polar surface area (TPSA) is 44.1 Å². The molecule has 2 aromatic rings. The molecule has 116 valence electrons. The summed E-state index contributed by atoms with van der Waals surface area (Å²) in [4.78, 5) is 4.43. The first-order valence-electron chi connectivity index (χ1n) is 6.76. The summed E-state index contributed by atoms with van der Waals surface area (Å²) in [5, 5.41) is 0.185. The van der Waals surface area contributed by atoms with E-state index in [4.69, 9.17) is 4.74 Å². The molecule has 1 aromatic heterocycles. The number of halogens is 3. The molecule has 0 unspecified atom stereocenters. The molecule has 1 saturated heterocycles. The van der Waals surface area contributed by atoms with E-state index >= 15 is 0 Å². The highest BCUT2D eigenvalue weighted by atomic mass is 32.2. The van der Waals surface area contributed by atoms with Crippen molar-refractivity contribution in [2.45, 2.75) is 18.5 Å². The Labute approximate surface area is 130 Å². The van der Waals surface area contributed by atoms with Gasteiger partial charge in [-0.15, -0.1) is 0 Å². The van der Waals surface area contributed by atoms with Gasteiger partial charge in [-0.05, 0) is 37.3 Å². The van der Waals surface area contributed by atoms with Gasteiger partial charge in [0.2, 0.25) is 0 Å². The van der Waals surface area contributed by atoms with E-state index in [1.54, 1.807) is 25.1 Å². The van der Waals surface area contributed by atoms with Gasteiger partial charge >= 0.3 is 6.18 Å². The van der Waals surface area contributed by atoms with E-state index in [1.807, 2.05) is 6.07 Å². The molecule has 0 radical (unpaired) electrons. The minimum atomic E-state index is -4.46. The quantitative estimate of drug-likeness (QED) is 0.531. The van der Waals surface area contributed by atoms with E-state index in [1.165, 1.54) is 6.07 Å². The predicted octanol–water partition coefficient (Wildman–Crippen LogP) is 3.50. The Balaban J connectivity index is 2.02. The van der Waals surface area contributed by atoms with Gasteiger partial charge in [0.25, 0.3) is 5.37 Å². The molecule has 1 N–H and O–H groups in total. The normalized spacial score (nSPS) is 17.4. The lowest BCUT2D eigenvalue weighted by Gasteiger charge is -2.14. The van der Waals surface area contributed by atoms with Crippen LogP contribution in [-0.2, 0) is 18.1 Å². The fourth-order valence-electron chi connectivity index (χ4n) is 2.13. The fourth-order valence-corrected chi connectivity index (χ4v) is 2.61. The molecule has 22 heavy (non-hydrogen) atoms. The van der Waals surface area contributed by atoms with Crippen molar-refractivity contribution in [3.63, 3.8) is 0 Å². The monoisotopic (exact) mass is 327 g/mol. The van der Waals surface area contributed by atoms with Crippen LogP contribution in [-0.4, -0.2) is 11.6 Å². The van der Waals surface area contributed by atoms with Crippen molar-refractivity contribution < 1.29 is 17.9 Å². The number of aromatic nitrogens is 1. The molecule has 0 bridgehead atoms. The Hall–Kier alpha value is -1.73. The molecule has 0 amide bonds. The summed E-state index contributed by atoms with van der Waals surface area (Å²) in [5.74, 6) is -0.155. The number of benzene rings is 1. The van der Waals surface area contributed by atoms with Gasteiger partial charge in [0.1, 0.15) is 11.4 Å². The highest BCUT2D eigenvalue weighted by Gasteiger charge is 2.38. The molecule has 0 saturated carbocycles. The van der Waals surface area contributed by atoms with Crippen LogP contribution >= 0.6 is 0 Å². The Morgan fingerprint density at radius 2 is 2.05 bits per heavy atom. The highest BCUT2D eigenvalue weighted by Crippen LogP contribution is 2.38. The SMILES string of the molecule is CCOc1ccc(-c2cccc([C@H]3N[SH+]3)n2)cc1C(F)(F)F. The molecule has 1 fully saturated rings. The van der Waals surface area contributed by atoms with E-state index in [0.29, 0.717) is 11.3 Å². The molecule has 0 aliphatic carbocycles. The van der Waals surface area contributed by atoms with Crippen LogP contribution in [0.1, 0.15) is 23.6 Å². The molecule has 3 nitrogen and oxygen atoms in total. The molecule has 1 aliphatic heterocycles. The van der Waals surface area contributed by atoms with E-state index in [0.717, 1.165) is 23.7 Å². The van der Waals surface area contributed by atoms with Crippen LogP contribution in [0.25, 0.3) is 11.3 Å². The smallest absolute Gasteiger partial charge is 0.419 e. The zero-order valence-electron chi connectivity index (χ0n) is 11.7. The summed E-state index contributed by atoms with van der Waals surface area (Å²) in [7, 11) is 0. The third-order valence-electron chi connectivity index (χ3n) is 3.19. The number of nitrogens with one attached hydrogen (secondary N) is 1. The molecule has 2 heterocycles. The first-order chi connectivity index (χ1) is 10.5. The summed E-state index contributed by atoms with van der Waals surface area (Å²) in [5.41, 5.74) is 1.01. The second-order valence-electron chi connectivity index (χ2n) is 4.75. The van der Waals surface area contributed by atoms with E-state index in [9.17, 15) is 13.2 Å². The number of alkyl halides is 3. The van der Waals surface area contributed by atoms with Gasteiger partial charge in [-0.2, -0.15) is 13.2 Å². The molecule has 1 aromatic carbocycles. The van der Waals surface area contributed by atoms with Crippen molar-refractivity contribution in [2.75, 3.05) is 6.61 Å². The van der Waals surface area contributed by atoms with Crippen molar-refractivity contribution in [3.05, 3.63) is 47.7 Å². The Bertz CT molecular complexity index is 687.